The molecule has 1 saturated heterocycles. The zero-order valence-corrected chi connectivity index (χ0v) is 19.6. The van der Waals surface area contributed by atoms with Gasteiger partial charge in [0.2, 0.25) is 6.04 Å². The number of likely N-dealkylation sites (tertiary alicyclic amines) is 1. The minimum Gasteiger partial charge on any atom is -0.324 e. The number of hydrogen-bond donors (Lipinski definition) is 1. The Kier molecular flexibility index (Phi) is 6.92. The molecule has 2 fully saturated rings. The molecule has 1 aliphatic carbocycles. The maximum atomic E-state index is 15.5. The highest BCUT2D eigenvalue weighted by molar-refractivity contribution is 6.31. The number of carbonyl (C=O) groups excluding carboxylic acids is 2. The summed E-state index contributed by atoms with van der Waals surface area (Å²) in [7, 11) is 0. The number of carbonyl (C=O) groups is 2. The quantitative estimate of drug-likeness (QED) is 0.311. The summed E-state index contributed by atoms with van der Waals surface area (Å²) in [6.07, 6.45) is 3.36. The molecule has 35 heavy (non-hydrogen) atoms. The number of amides is 1. The SMILES string of the molecule is C.O=CC[C@H]1[C@@H]([N+](=O)[O-])[C@H](c2cccc(Cl)c2F)[C@]2(C(=O)Nc3cc(Cl)ccc32)N1CC1CCC1. The van der Waals surface area contributed by atoms with Crippen molar-refractivity contribution in [3.05, 3.63) is 73.5 Å². The summed E-state index contributed by atoms with van der Waals surface area (Å²) >= 11 is 12.3. The van der Waals surface area contributed by atoms with E-state index in [0.717, 1.165) is 19.3 Å². The molecular formula is C25H26Cl2FN3O4. The second-order valence-corrected chi connectivity index (χ2v) is 10.1. The lowest BCUT2D eigenvalue weighted by molar-refractivity contribution is -0.528. The van der Waals surface area contributed by atoms with Crippen LogP contribution in [0.4, 0.5) is 10.1 Å². The van der Waals surface area contributed by atoms with Gasteiger partial charge in [-0.15, -0.1) is 0 Å². The second-order valence-electron chi connectivity index (χ2n) is 9.23. The largest absolute Gasteiger partial charge is 0.324 e. The molecule has 186 valence electrons. The summed E-state index contributed by atoms with van der Waals surface area (Å²) in [6.45, 7) is 0.386. The van der Waals surface area contributed by atoms with Crippen molar-refractivity contribution in [1.82, 2.24) is 4.90 Å². The topological polar surface area (TPSA) is 92.5 Å². The maximum absolute atomic E-state index is 15.5. The number of benzene rings is 2. The van der Waals surface area contributed by atoms with E-state index in [0.29, 0.717) is 29.1 Å². The first-order valence-electron chi connectivity index (χ1n) is 11.2. The number of nitrogens with zero attached hydrogens (tertiary/aromatic N) is 2. The van der Waals surface area contributed by atoms with Crippen molar-refractivity contribution >= 4 is 41.1 Å². The highest BCUT2D eigenvalue weighted by Crippen LogP contribution is 2.59. The van der Waals surface area contributed by atoms with Gasteiger partial charge in [-0.1, -0.05) is 55.2 Å². The van der Waals surface area contributed by atoms with E-state index in [9.17, 15) is 19.7 Å². The smallest absolute Gasteiger partial charge is 0.250 e. The van der Waals surface area contributed by atoms with Crippen LogP contribution in [-0.2, 0) is 15.1 Å². The molecule has 1 saturated carbocycles. The van der Waals surface area contributed by atoms with Crippen LogP contribution in [-0.4, -0.2) is 40.6 Å². The van der Waals surface area contributed by atoms with Gasteiger partial charge < -0.3 is 10.1 Å². The van der Waals surface area contributed by atoms with Crippen LogP contribution in [0.15, 0.2) is 36.4 Å². The standard InChI is InChI=1S/C24H22Cl2FN3O4.CH4/c25-14-7-8-16-18(11-14)28-23(32)24(16)20(15-5-2-6-17(26)21(15)27)22(30(33)34)19(9-10-31)29(24)12-13-3-1-4-13;/h2,5-8,10-11,13,19-20,22H,1,3-4,9,12H2,(H,28,32);1H4/t19-,20-,22+,24+;/m0./s1. The first-order valence-corrected chi connectivity index (χ1v) is 12.0. The molecule has 0 radical (unpaired) electrons. The lowest BCUT2D eigenvalue weighted by Crippen LogP contribution is -2.54. The van der Waals surface area contributed by atoms with Crippen LogP contribution >= 0.6 is 23.2 Å². The van der Waals surface area contributed by atoms with Gasteiger partial charge in [0.15, 0.2) is 0 Å². The van der Waals surface area contributed by atoms with Crippen molar-refractivity contribution in [1.29, 1.82) is 0 Å². The molecule has 2 aromatic rings. The van der Waals surface area contributed by atoms with E-state index in [4.69, 9.17) is 23.2 Å². The number of anilines is 1. The molecule has 2 heterocycles. The zero-order valence-electron chi connectivity index (χ0n) is 18.0. The second kappa shape index (κ2) is 9.48. The molecule has 1 N–H and O–H groups in total. The summed E-state index contributed by atoms with van der Waals surface area (Å²) in [5, 5.41) is 15.6. The normalized spacial score (nSPS) is 27.7. The Morgan fingerprint density at radius 2 is 2.00 bits per heavy atom. The fraction of sp³-hybridized carbons (Fsp3) is 0.440. The fourth-order valence-electron chi connectivity index (χ4n) is 6.01. The van der Waals surface area contributed by atoms with E-state index in [-0.39, 0.29) is 30.4 Å². The Morgan fingerprint density at radius 3 is 2.63 bits per heavy atom. The van der Waals surface area contributed by atoms with E-state index < -0.39 is 40.2 Å². The molecule has 7 nitrogen and oxygen atoms in total. The summed E-state index contributed by atoms with van der Waals surface area (Å²) in [6, 6.07) is 6.88. The summed E-state index contributed by atoms with van der Waals surface area (Å²) in [4.78, 5) is 39.5. The van der Waals surface area contributed by atoms with E-state index in [2.05, 4.69) is 5.32 Å². The van der Waals surface area contributed by atoms with Crippen LogP contribution in [0.1, 0.15) is 50.2 Å². The zero-order chi connectivity index (χ0) is 24.2. The van der Waals surface area contributed by atoms with Crippen molar-refractivity contribution in [3.8, 4) is 0 Å². The van der Waals surface area contributed by atoms with Crippen LogP contribution in [0.5, 0.6) is 0 Å². The number of rotatable bonds is 6. The third kappa shape index (κ3) is 3.74. The van der Waals surface area contributed by atoms with Crippen molar-refractivity contribution in [2.75, 3.05) is 11.9 Å². The molecule has 3 aliphatic rings. The van der Waals surface area contributed by atoms with Gasteiger partial charge in [0, 0.05) is 39.7 Å². The van der Waals surface area contributed by atoms with Crippen LogP contribution in [0.3, 0.4) is 0 Å². The van der Waals surface area contributed by atoms with Crippen LogP contribution in [0.25, 0.3) is 0 Å². The number of halogens is 3. The molecule has 2 aromatic carbocycles. The number of nitrogens with one attached hydrogen (secondary N) is 1. The minimum atomic E-state index is -1.59. The van der Waals surface area contributed by atoms with Crippen molar-refractivity contribution in [2.24, 2.45) is 5.92 Å². The predicted molar refractivity (Wildman–Crippen MR) is 132 cm³/mol. The third-order valence-electron chi connectivity index (χ3n) is 7.60. The van der Waals surface area contributed by atoms with Crippen LogP contribution < -0.4 is 5.32 Å². The Bertz CT molecular complexity index is 1190. The average molecular weight is 522 g/mol. The molecule has 0 aromatic heterocycles. The number of hydrogen-bond acceptors (Lipinski definition) is 5. The van der Waals surface area contributed by atoms with E-state index in [1.165, 1.54) is 18.2 Å². The first kappa shape index (κ1) is 25.5. The van der Waals surface area contributed by atoms with Gasteiger partial charge in [-0.3, -0.25) is 19.8 Å². The lowest BCUT2D eigenvalue weighted by atomic mass is 9.73. The van der Waals surface area contributed by atoms with Gasteiger partial charge in [0.05, 0.1) is 17.0 Å². The Hall–Kier alpha value is -2.55. The van der Waals surface area contributed by atoms with Crippen LogP contribution in [0, 0.1) is 21.8 Å². The van der Waals surface area contributed by atoms with Crippen molar-refractivity contribution in [3.63, 3.8) is 0 Å². The summed E-state index contributed by atoms with van der Waals surface area (Å²) < 4.78 is 15.5. The minimum absolute atomic E-state index is 0. The highest BCUT2D eigenvalue weighted by Gasteiger charge is 2.71. The van der Waals surface area contributed by atoms with Gasteiger partial charge in [-0.05, 0) is 37.0 Å². The molecule has 2 aliphatic heterocycles. The monoisotopic (exact) mass is 521 g/mol. The Morgan fingerprint density at radius 1 is 1.26 bits per heavy atom. The summed E-state index contributed by atoms with van der Waals surface area (Å²) in [5.74, 6) is -2.28. The maximum Gasteiger partial charge on any atom is 0.250 e. The number of fused-ring (bicyclic) bond motifs is 2. The molecule has 10 heteroatoms. The molecule has 0 bridgehead atoms. The van der Waals surface area contributed by atoms with Gasteiger partial charge in [-0.25, -0.2) is 4.39 Å². The third-order valence-corrected chi connectivity index (χ3v) is 8.13. The molecule has 1 amide bonds. The summed E-state index contributed by atoms with van der Waals surface area (Å²) in [5.41, 5.74) is -0.686. The Labute approximate surface area is 212 Å². The molecule has 5 rings (SSSR count). The molecular weight excluding hydrogens is 496 g/mol. The highest BCUT2D eigenvalue weighted by atomic mass is 35.5. The number of nitro groups is 1. The van der Waals surface area contributed by atoms with Gasteiger partial charge in [0.1, 0.15) is 17.6 Å². The first-order chi connectivity index (χ1) is 16.3. The van der Waals surface area contributed by atoms with Gasteiger partial charge in [-0.2, -0.15) is 0 Å². The van der Waals surface area contributed by atoms with E-state index in [1.54, 1.807) is 23.1 Å². The molecule has 1 spiro atoms. The van der Waals surface area contributed by atoms with Crippen LogP contribution in [0.2, 0.25) is 10.0 Å². The van der Waals surface area contributed by atoms with E-state index >= 15 is 4.39 Å². The molecule has 4 atom stereocenters. The molecule has 0 unspecified atom stereocenters. The average Bonchev–Trinajstić information content (AvgIpc) is 3.19. The van der Waals surface area contributed by atoms with E-state index in [1.807, 2.05) is 0 Å². The number of aldehydes is 1. The van der Waals surface area contributed by atoms with Crippen molar-refractivity contribution < 1.29 is 18.9 Å². The predicted octanol–water partition coefficient (Wildman–Crippen LogP) is 5.42. The van der Waals surface area contributed by atoms with Gasteiger partial charge >= 0.3 is 0 Å². The Balaban J connectivity index is 0.00000289. The fourth-order valence-corrected chi connectivity index (χ4v) is 6.36. The van der Waals surface area contributed by atoms with Gasteiger partial charge in [0.25, 0.3) is 5.91 Å². The van der Waals surface area contributed by atoms with Crippen molar-refractivity contribution in [2.45, 2.75) is 56.7 Å². The lowest BCUT2D eigenvalue weighted by Gasteiger charge is -2.42.